The third kappa shape index (κ3) is 9.20. The van der Waals surface area contributed by atoms with Crippen molar-refractivity contribution in [3.63, 3.8) is 0 Å². The first kappa shape index (κ1) is 48.2. The van der Waals surface area contributed by atoms with Gasteiger partial charge in [0, 0.05) is 61.3 Å². The maximum atomic E-state index is 6.95. The largest absolute Gasteiger partial charge is 0.510 e. The molecule has 0 amide bonds. The number of para-hydroxylation sites is 1. The van der Waals surface area contributed by atoms with Crippen LogP contribution in [0, 0.1) is 18.5 Å². The molecule has 0 atom stereocenters. The number of rotatable bonds is 10. The van der Waals surface area contributed by atoms with Crippen molar-refractivity contribution in [2.45, 2.75) is 90.9 Å². The smallest absolute Gasteiger partial charge is 0.267 e. The van der Waals surface area contributed by atoms with Gasteiger partial charge in [-0.2, -0.15) is 12.1 Å². The molecule has 0 aliphatic carbocycles. The minimum absolute atomic E-state index is 0. The first-order chi connectivity index (χ1) is 32.9. The standard InChI is InChI=1S/C64H60N4O.Pt/c1-61(2,3)48-32-33-65-60(39-48)68-57-29-21-20-28-55(57)56-31-30-53(41-58(56)68)69-54-35-45(44-22-14-11-15-23-44)34-52(40-54)67-43-66(42-59(67)64(9,10)47-26-18-13-19-27-47)51-37-49(62(4,5)6)36-50(38-51)63(7,8)46-24-16-12-17-25-46;/h11-39,42H,1-10H3;/q-2;. The summed E-state index contributed by atoms with van der Waals surface area (Å²) >= 11 is 0. The second-order valence-corrected chi connectivity index (χ2v) is 21.5. The molecular formula is C64H60N4OPt-2. The summed E-state index contributed by atoms with van der Waals surface area (Å²) in [7, 11) is 0. The van der Waals surface area contributed by atoms with E-state index in [1.54, 1.807) is 0 Å². The van der Waals surface area contributed by atoms with Crippen LogP contribution in [-0.2, 0) is 42.7 Å². The van der Waals surface area contributed by atoms with Gasteiger partial charge in [-0.25, -0.2) is 4.98 Å². The molecule has 0 saturated heterocycles. The number of pyridine rings is 1. The van der Waals surface area contributed by atoms with Gasteiger partial charge in [-0.1, -0.05) is 190 Å². The van der Waals surface area contributed by atoms with E-state index in [4.69, 9.17) is 9.72 Å². The van der Waals surface area contributed by atoms with E-state index >= 15 is 0 Å². The maximum Gasteiger partial charge on any atom is 0.267 e. The SMILES string of the molecule is CC(C)(C)c1cc(-[n+]2[c-]n(-c3[c-]c(Oc4[c-]c5c(cc4)c4ccccc4n5-c4cc(C(C)(C)C)ccn4)cc(-c4ccccc4)c3)c(C(C)(C)c3ccccc3)c2)cc(C(C)(C)c2ccccc2)c1.[Pt]. The van der Waals surface area contributed by atoms with E-state index in [0.29, 0.717) is 11.5 Å². The average Bonchev–Trinajstić information content (AvgIpc) is 3.95. The van der Waals surface area contributed by atoms with Crippen LogP contribution in [0.25, 0.3) is 50.1 Å². The van der Waals surface area contributed by atoms with Gasteiger partial charge in [0.1, 0.15) is 5.82 Å². The van der Waals surface area contributed by atoms with E-state index in [9.17, 15) is 0 Å². The Labute approximate surface area is 428 Å². The minimum atomic E-state index is -0.445. The fraction of sp³-hybridized carbons (Fsp3) is 0.219. The molecule has 0 aliphatic heterocycles. The molecule has 3 aromatic heterocycles. The van der Waals surface area contributed by atoms with Gasteiger partial charge in [0.15, 0.2) is 0 Å². The van der Waals surface area contributed by atoms with E-state index in [1.165, 1.54) is 27.8 Å². The molecule has 6 heteroatoms. The van der Waals surface area contributed by atoms with Crippen LogP contribution in [0.2, 0.25) is 0 Å². The Hall–Kier alpha value is -6.81. The number of hydrogen-bond acceptors (Lipinski definition) is 2. The minimum Gasteiger partial charge on any atom is -0.510 e. The van der Waals surface area contributed by atoms with Crippen LogP contribution in [-0.4, -0.2) is 14.1 Å². The monoisotopic (exact) mass is 1100 g/mol. The van der Waals surface area contributed by atoms with Crippen molar-refractivity contribution in [1.29, 1.82) is 0 Å². The molecular weight excluding hydrogens is 1040 g/mol. The van der Waals surface area contributed by atoms with Crippen LogP contribution in [0.4, 0.5) is 0 Å². The molecule has 0 saturated carbocycles. The van der Waals surface area contributed by atoms with Crippen LogP contribution >= 0.6 is 0 Å². The molecule has 7 aromatic carbocycles. The van der Waals surface area contributed by atoms with Gasteiger partial charge >= 0.3 is 0 Å². The molecule has 0 radical (unpaired) electrons. The normalized spacial score (nSPS) is 12.3. The summed E-state index contributed by atoms with van der Waals surface area (Å²) in [6.45, 7) is 22.8. The van der Waals surface area contributed by atoms with Crippen LogP contribution in [0.15, 0.2) is 182 Å². The van der Waals surface area contributed by atoms with E-state index in [-0.39, 0.29) is 37.3 Å². The molecule has 10 rings (SSSR count). The summed E-state index contributed by atoms with van der Waals surface area (Å²) in [5, 5.41) is 2.21. The molecule has 0 spiro atoms. The molecule has 10 aromatic rings. The number of hydrogen-bond donors (Lipinski definition) is 0. The van der Waals surface area contributed by atoms with E-state index < -0.39 is 5.41 Å². The fourth-order valence-electron chi connectivity index (χ4n) is 9.49. The Morgan fingerprint density at radius 2 is 1.11 bits per heavy atom. The summed E-state index contributed by atoms with van der Waals surface area (Å²) in [5.41, 5.74) is 12.2. The number of ether oxygens (including phenoxy) is 1. The first-order valence-corrected chi connectivity index (χ1v) is 24.0. The maximum absolute atomic E-state index is 6.95. The Morgan fingerprint density at radius 1 is 0.500 bits per heavy atom. The summed E-state index contributed by atoms with van der Waals surface area (Å²) in [4.78, 5) is 4.91. The molecule has 0 unspecified atom stereocenters. The number of imidazole rings is 1. The third-order valence-corrected chi connectivity index (χ3v) is 13.9. The fourth-order valence-corrected chi connectivity index (χ4v) is 9.49. The predicted octanol–water partition coefficient (Wildman–Crippen LogP) is 15.4. The topological polar surface area (TPSA) is 35.9 Å². The second-order valence-electron chi connectivity index (χ2n) is 21.5. The number of aromatic nitrogens is 4. The van der Waals surface area contributed by atoms with Gasteiger partial charge in [0.05, 0.1) is 11.4 Å². The Balaban J connectivity index is 0.00000608. The zero-order valence-electron chi connectivity index (χ0n) is 41.8. The zero-order valence-corrected chi connectivity index (χ0v) is 44.1. The molecule has 0 N–H and O–H groups in total. The Morgan fingerprint density at radius 3 is 1.79 bits per heavy atom. The van der Waals surface area contributed by atoms with Gasteiger partial charge < -0.3 is 13.9 Å². The van der Waals surface area contributed by atoms with Crippen LogP contribution in [0.5, 0.6) is 11.5 Å². The van der Waals surface area contributed by atoms with Gasteiger partial charge in [0.2, 0.25) is 0 Å². The number of fused-ring (bicyclic) bond motifs is 3. The van der Waals surface area contributed by atoms with Crippen molar-refractivity contribution in [2.24, 2.45) is 0 Å². The number of nitrogens with zero attached hydrogens (tertiary/aromatic N) is 4. The summed E-state index contributed by atoms with van der Waals surface area (Å²) in [6, 6.07) is 67.7. The first-order valence-electron chi connectivity index (χ1n) is 24.0. The van der Waals surface area contributed by atoms with Crippen LogP contribution in [0.3, 0.4) is 0 Å². The molecule has 70 heavy (non-hydrogen) atoms. The summed E-state index contributed by atoms with van der Waals surface area (Å²) in [6.07, 6.45) is 8.02. The second kappa shape index (κ2) is 18.5. The summed E-state index contributed by atoms with van der Waals surface area (Å²) in [5.74, 6) is 1.99. The Kier molecular flexibility index (Phi) is 12.7. The number of benzene rings is 7. The van der Waals surface area contributed by atoms with Crippen molar-refractivity contribution >= 4 is 21.8 Å². The van der Waals surface area contributed by atoms with E-state index in [2.05, 4.69) is 265 Å². The average molecular weight is 1100 g/mol. The van der Waals surface area contributed by atoms with Crippen molar-refractivity contribution in [3.05, 3.63) is 234 Å². The molecule has 0 aliphatic rings. The van der Waals surface area contributed by atoms with E-state index in [1.807, 2.05) is 18.3 Å². The Bertz CT molecular complexity index is 3480. The van der Waals surface area contributed by atoms with Gasteiger partial charge in [-0.3, -0.25) is 4.57 Å². The molecule has 0 fully saturated rings. The zero-order chi connectivity index (χ0) is 48.3. The summed E-state index contributed by atoms with van der Waals surface area (Å²) < 4.78 is 13.5. The molecule has 3 heterocycles. The van der Waals surface area contributed by atoms with Crippen LogP contribution in [0.1, 0.15) is 103 Å². The molecule has 5 nitrogen and oxygen atoms in total. The quantitative estimate of drug-likeness (QED) is 0.101. The van der Waals surface area contributed by atoms with Gasteiger partial charge in [-0.05, 0) is 85.6 Å². The van der Waals surface area contributed by atoms with Gasteiger partial charge in [-0.15, -0.1) is 35.2 Å². The van der Waals surface area contributed by atoms with E-state index in [0.717, 1.165) is 55.8 Å². The van der Waals surface area contributed by atoms with Gasteiger partial charge in [0.25, 0.3) is 6.33 Å². The predicted molar refractivity (Wildman–Crippen MR) is 282 cm³/mol. The third-order valence-electron chi connectivity index (χ3n) is 13.9. The van der Waals surface area contributed by atoms with Crippen molar-refractivity contribution < 1.29 is 30.4 Å². The van der Waals surface area contributed by atoms with Crippen molar-refractivity contribution in [3.8, 4) is 39.8 Å². The van der Waals surface area contributed by atoms with Crippen LogP contribution < -0.4 is 9.30 Å². The van der Waals surface area contributed by atoms with Crippen molar-refractivity contribution in [1.82, 2.24) is 14.1 Å². The van der Waals surface area contributed by atoms with Crippen molar-refractivity contribution in [2.75, 3.05) is 0 Å². The molecule has 354 valence electrons. The molecule has 0 bridgehead atoms.